The maximum absolute atomic E-state index is 12.0. The number of nitrogens with two attached hydrogens (primary N) is 1. The van der Waals surface area contributed by atoms with Gasteiger partial charge in [0.1, 0.15) is 5.75 Å². The fourth-order valence-corrected chi connectivity index (χ4v) is 2.10. The number of benzene rings is 1. The van der Waals surface area contributed by atoms with Gasteiger partial charge in [0.2, 0.25) is 5.91 Å². The smallest absolute Gasteiger partial charge is 0.240 e. The van der Waals surface area contributed by atoms with Crippen molar-refractivity contribution < 1.29 is 9.53 Å². The van der Waals surface area contributed by atoms with Crippen LogP contribution in [0.3, 0.4) is 0 Å². The summed E-state index contributed by atoms with van der Waals surface area (Å²) < 4.78 is 5.10. The molecule has 4 nitrogen and oxygen atoms in total. The molecule has 18 heavy (non-hydrogen) atoms. The van der Waals surface area contributed by atoms with Crippen molar-refractivity contribution in [2.24, 2.45) is 5.73 Å². The molecule has 1 aromatic rings. The summed E-state index contributed by atoms with van der Waals surface area (Å²) in [5.41, 5.74) is 6.40. The Hall–Kier alpha value is -1.55. The number of amides is 1. The molecular weight excluding hydrogens is 228 g/mol. The van der Waals surface area contributed by atoms with Gasteiger partial charge >= 0.3 is 0 Å². The van der Waals surface area contributed by atoms with Crippen molar-refractivity contribution in [3.63, 3.8) is 0 Å². The van der Waals surface area contributed by atoms with Crippen LogP contribution in [-0.2, 0) is 4.79 Å². The minimum absolute atomic E-state index is 0.0376. The van der Waals surface area contributed by atoms with Gasteiger partial charge in [-0.25, -0.2) is 0 Å². The van der Waals surface area contributed by atoms with E-state index in [-0.39, 0.29) is 11.9 Å². The molecule has 1 aliphatic rings. The van der Waals surface area contributed by atoms with Gasteiger partial charge in [0.05, 0.1) is 18.7 Å². The first-order valence-electron chi connectivity index (χ1n) is 6.29. The Balaban J connectivity index is 1.98. The predicted molar refractivity (Wildman–Crippen MR) is 70.3 cm³/mol. The summed E-state index contributed by atoms with van der Waals surface area (Å²) in [6.45, 7) is 1.96. The van der Waals surface area contributed by atoms with Crippen LogP contribution in [0.4, 0.5) is 0 Å². The molecule has 98 valence electrons. The Kier molecular flexibility index (Phi) is 3.57. The van der Waals surface area contributed by atoms with Gasteiger partial charge in [-0.3, -0.25) is 4.79 Å². The molecule has 0 bridgehead atoms. The molecule has 1 amide bonds. The standard InChI is InChI=1S/C14H20N2O2/c1-10(11-4-6-12(18-2)7-5-11)16-13(17)14(15)8-3-9-14/h4-7,10H,3,8-9,15H2,1-2H3,(H,16,17). The van der Waals surface area contributed by atoms with E-state index >= 15 is 0 Å². The van der Waals surface area contributed by atoms with Crippen LogP contribution >= 0.6 is 0 Å². The molecule has 1 atom stereocenters. The van der Waals surface area contributed by atoms with Gasteiger partial charge in [-0.05, 0) is 43.9 Å². The lowest BCUT2D eigenvalue weighted by Gasteiger charge is -2.37. The van der Waals surface area contributed by atoms with E-state index in [1.807, 2.05) is 31.2 Å². The van der Waals surface area contributed by atoms with Crippen LogP contribution < -0.4 is 15.8 Å². The van der Waals surface area contributed by atoms with Crippen LogP contribution in [0.1, 0.15) is 37.8 Å². The molecule has 1 saturated carbocycles. The number of hydrogen-bond donors (Lipinski definition) is 2. The van der Waals surface area contributed by atoms with E-state index in [0.717, 1.165) is 30.6 Å². The normalized spacial score (nSPS) is 18.6. The van der Waals surface area contributed by atoms with Crippen LogP contribution in [0.5, 0.6) is 5.75 Å². The second-order valence-electron chi connectivity index (χ2n) is 4.98. The SMILES string of the molecule is COc1ccc(C(C)NC(=O)C2(N)CCC2)cc1. The van der Waals surface area contributed by atoms with Crippen molar-refractivity contribution in [2.75, 3.05) is 7.11 Å². The van der Waals surface area contributed by atoms with Crippen LogP contribution in [0.2, 0.25) is 0 Å². The third-order valence-corrected chi connectivity index (χ3v) is 3.66. The van der Waals surface area contributed by atoms with Crippen molar-refractivity contribution in [1.82, 2.24) is 5.32 Å². The number of rotatable bonds is 4. The monoisotopic (exact) mass is 248 g/mol. The summed E-state index contributed by atoms with van der Waals surface area (Å²) in [6.07, 6.45) is 2.61. The maximum Gasteiger partial charge on any atom is 0.240 e. The van der Waals surface area contributed by atoms with Gasteiger partial charge in [-0.2, -0.15) is 0 Å². The summed E-state index contributed by atoms with van der Waals surface area (Å²) in [5, 5.41) is 2.97. The number of nitrogens with one attached hydrogen (secondary N) is 1. The minimum atomic E-state index is -0.638. The highest BCUT2D eigenvalue weighted by Crippen LogP contribution is 2.30. The largest absolute Gasteiger partial charge is 0.497 e. The van der Waals surface area contributed by atoms with E-state index in [9.17, 15) is 4.79 Å². The van der Waals surface area contributed by atoms with Crippen molar-refractivity contribution in [3.8, 4) is 5.75 Å². The fraction of sp³-hybridized carbons (Fsp3) is 0.500. The van der Waals surface area contributed by atoms with E-state index in [4.69, 9.17) is 10.5 Å². The summed E-state index contributed by atoms with van der Waals surface area (Å²) in [6, 6.07) is 7.64. The Labute approximate surface area is 108 Å². The highest BCUT2D eigenvalue weighted by Gasteiger charge is 2.40. The number of methoxy groups -OCH3 is 1. The maximum atomic E-state index is 12.0. The van der Waals surface area contributed by atoms with E-state index in [1.54, 1.807) is 7.11 Å². The molecule has 0 aliphatic heterocycles. The second-order valence-corrected chi connectivity index (χ2v) is 4.98. The van der Waals surface area contributed by atoms with Gasteiger partial charge in [0.15, 0.2) is 0 Å². The molecule has 0 spiro atoms. The molecule has 4 heteroatoms. The second kappa shape index (κ2) is 4.98. The highest BCUT2D eigenvalue weighted by molar-refractivity contribution is 5.87. The van der Waals surface area contributed by atoms with E-state index < -0.39 is 5.54 Å². The van der Waals surface area contributed by atoms with Gasteiger partial charge < -0.3 is 15.8 Å². The average molecular weight is 248 g/mol. The molecule has 2 rings (SSSR count). The predicted octanol–water partition coefficient (Wildman–Crippen LogP) is 1.75. The van der Waals surface area contributed by atoms with Crippen LogP contribution in [0.15, 0.2) is 24.3 Å². The molecule has 1 fully saturated rings. The lowest BCUT2D eigenvalue weighted by molar-refractivity contribution is -0.129. The zero-order chi connectivity index (χ0) is 13.2. The van der Waals surface area contributed by atoms with Crippen molar-refractivity contribution in [1.29, 1.82) is 0 Å². The lowest BCUT2D eigenvalue weighted by atomic mass is 9.77. The summed E-state index contributed by atoms with van der Waals surface area (Å²) in [7, 11) is 1.63. The molecule has 0 saturated heterocycles. The van der Waals surface area contributed by atoms with Crippen molar-refractivity contribution >= 4 is 5.91 Å². The molecule has 0 radical (unpaired) electrons. The Morgan fingerprint density at radius 3 is 2.44 bits per heavy atom. The summed E-state index contributed by atoms with van der Waals surface area (Å²) >= 11 is 0. The van der Waals surface area contributed by atoms with Gasteiger partial charge in [-0.1, -0.05) is 12.1 Å². The number of hydrogen-bond acceptors (Lipinski definition) is 3. The first-order chi connectivity index (χ1) is 8.55. The van der Waals surface area contributed by atoms with Crippen molar-refractivity contribution in [2.45, 2.75) is 37.8 Å². The first kappa shape index (κ1) is 12.9. The highest BCUT2D eigenvalue weighted by atomic mass is 16.5. The molecule has 1 aliphatic carbocycles. The van der Waals surface area contributed by atoms with Crippen LogP contribution in [0, 0.1) is 0 Å². The van der Waals surface area contributed by atoms with Crippen LogP contribution in [0.25, 0.3) is 0 Å². The Bertz CT molecular complexity index is 424. The zero-order valence-corrected chi connectivity index (χ0v) is 10.9. The minimum Gasteiger partial charge on any atom is -0.497 e. The molecule has 0 aromatic heterocycles. The van der Waals surface area contributed by atoms with Gasteiger partial charge in [0.25, 0.3) is 0 Å². The molecule has 1 unspecified atom stereocenters. The Morgan fingerprint density at radius 1 is 1.39 bits per heavy atom. The third kappa shape index (κ3) is 2.48. The molecule has 0 heterocycles. The summed E-state index contributed by atoms with van der Waals surface area (Å²) in [5.74, 6) is 0.767. The van der Waals surface area contributed by atoms with E-state index in [2.05, 4.69) is 5.32 Å². The lowest BCUT2D eigenvalue weighted by Crippen LogP contribution is -2.58. The van der Waals surface area contributed by atoms with E-state index in [1.165, 1.54) is 0 Å². The quantitative estimate of drug-likeness (QED) is 0.853. The Morgan fingerprint density at radius 2 is 2.00 bits per heavy atom. The first-order valence-corrected chi connectivity index (χ1v) is 6.29. The van der Waals surface area contributed by atoms with Crippen molar-refractivity contribution in [3.05, 3.63) is 29.8 Å². The number of carbonyl (C=O) groups excluding carboxylic acids is 1. The molecular formula is C14H20N2O2. The van der Waals surface area contributed by atoms with Crippen LogP contribution in [-0.4, -0.2) is 18.6 Å². The third-order valence-electron chi connectivity index (χ3n) is 3.66. The van der Waals surface area contributed by atoms with Gasteiger partial charge in [-0.15, -0.1) is 0 Å². The summed E-state index contributed by atoms with van der Waals surface area (Å²) in [4.78, 5) is 12.0. The molecule has 1 aromatic carbocycles. The molecule has 3 N–H and O–H groups in total. The number of ether oxygens (including phenoxy) is 1. The fourth-order valence-electron chi connectivity index (χ4n) is 2.10. The topological polar surface area (TPSA) is 64.3 Å². The van der Waals surface area contributed by atoms with Gasteiger partial charge in [0, 0.05) is 0 Å². The van der Waals surface area contributed by atoms with E-state index in [0.29, 0.717) is 0 Å². The number of carbonyl (C=O) groups is 1. The average Bonchev–Trinajstić information content (AvgIpc) is 2.35. The zero-order valence-electron chi connectivity index (χ0n) is 10.9.